The van der Waals surface area contributed by atoms with Crippen LogP contribution in [0.3, 0.4) is 0 Å². The van der Waals surface area contributed by atoms with E-state index >= 15 is 0 Å². The van der Waals surface area contributed by atoms with Gasteiger partial charge in [0.05, 0.1) is 12.3 Å². The highest BCUT2D eigenvalue weighted by atomic mass is 35.5. The van der Waals surface area contributed by atoms with Crippen LogP contribution in [-0.4, -0.2) is 40.3 Å². The van der Waals surface area contributed by atoms with Crippen LogP contribution in [0.4, 0.5) is 11.4 Å². The first-order valence-electron chi connectivity index (χ1n) is 13.5. The Morgan fingerprint density at radius 2 is 1.80 bits per heavy atom. The number of hydrogen-bond acceptors (Lipinski definition) is 5. The molecule has 0 aromatic heterocycles. The Kier molecular flexibility index (Phi) is 11.3. The molecule has 210 valence electrons. The fraction of sp³-hybridized carbons (Fsp3) is 0.323. The molecule has 3 aromatic carbocycles. The number of nitrogens with zero attached hydrogens (tertiary/aromatic N) is 2. The SMILES string of the molecule is CCCCCCOc1ccc(NC(=O)C2CC(=O)N(CCc3ccc(Cl)cc3)C(=Nc3cccc(Cl)c3)S2)cc1. The molecule has 1 saturated heterocycles. The maximum Gasteiger partial charge on any atom is 0.238 e. The normalized spacial score (nSPS) is 16.3. The lowest BCUT2D eigenvalue weighted by Gasteiger charge is -2.32. The number of nitrogens with one attached hydrogen (secondary N) is 1. The lowest BCUT2D eigenvalue weighted by atomic mass is 10.1. The Balaban J connectivity index is 1.42. The van der Waals surface area contributed by atoms with Gasteiger partial charge in [0, 0.05) is 28.7 Å². The fourth-order valence-electron chi connectivity index (χ4n) is 4.19. The second-order valence-electron chi connectivity index (χ2n) is 9.53. The maximum atomic E-state index is 13.3. The molecule has 0 spiro atoms. The minimum atomic E-state index is -0.619. The monoisotopic (exact) mass is 597 g/mol. The van der Waals surface area contributed by atoms with Crippen LogP contribution in [0.15, 0.2) is 77.8 Å². The van der Waals surface area contributed by atoms with Crippen LogP contribution in [0.5, 0.6) is 5.75 Å². The first kappa shape index (κ1) is 30.0. The molecule has 0 radical (unpaired) electrons. The summed E-state index contributed by atoms with van der Waals surface area (Å²) in [5.41, 5.74) is 2.32. The number of hydrogen-bond donors (Lipinski definition) is 1. The van der Waals surface area contributed by atoms with Crippen molar-refractivity contribution in [2.75, 3.05) is 18.5 Å². The summed E-state index contributed by atoms with van der Waals surface area (Å²) in [5.74, 6) is 0.368. The standard InChI is InChI=1S/C31H33Cl2N3O3S/c1-2-3-4-5-19-39-27-15-13-25(14-16-27)34-30(38)28-21-29(37)36(18-17-22-9-11-23(32)12-10-22)31(40-28)35-26-8-6-7-24(33)20-26/h6-16,20,28H,2-5,17-19,21H2,1H3,(H,34,38). The molecule has 1 atom stereocenters. The van der Waals surface area contributed by atoms with Gasteiger partial charge < -0.3 is 10.1 Å². The van der Waals surface area contributed by atoms with Crippen molar-refractivity contribution in [3.05, 3.63) is 88.4 Å². The summed E-state index contributed by atoms with van der Waals surface area (Å²) in [4.78, 5) is 32.9. The van der Waals surface area contributed by atoms with Crippen molar-refractivity contribution in [1.82, 2.24) is 4.90 Å². The van der Waals surface area contributed by atoms with Crippen molar-refractivity contribution in [1.29, 1.82) is 0 Å². The summed E-state index contributed by atoms with van der Waals surface area (Å²) in [7, 11) is 0. The number of amidine groups is 1. The van der Waals surface area contributed by atoms with Crippen LogP contribution in [0.25, 0.3) is 0 Å². The minimum Gasteiger partial charge on any atom is -0.494 e. The molecule has 2 amide bonds. The quantitative estimate of drug-likeness (QED) is 0.214. The third-order valence-electron chi connectivity index (χ3n) is 6.39. The lowest BCUT2D eigenvalue weighted by molar-refractivity contribution is -0.129. The molecule has 3 aromatic rings. The highest BCUT2D eigenvalue weighted by molar-refractivity contribution is 8.15. The van der Waals surface area contributed by atoms with Gasteiger partial charge in [-0.25, -0.2) is 4.99 Å². The molecule has 1 unspecified atom stereocenters. The average Bonchev–Trinajstić information content (AvgIpc) is 2.94. The zero-order valence-corrected chi connectivity index (χ0v) is 24.8. The molecular weight excluding hydrogens is 565 g/mol. The summed E-state index contributed by atoms with van der Waals surface area (Å²) in [6.07, 6.45) is 5.28. The molecule has 1 heterocycles. The number of aliphatic imine (C=N–C) groups is 1. The van der Waals surface area contributed by atoms with E-state index in [2.05, 4.69) is 12.2 Å². The number of amides is 2. The Hall–Kier alpha value is -3.00. The van der Waals surface area contributed by atoms with Gasteiger partial charge in [-0.3, -0.25) is 14.5 Å². The van der Waals surface area contributed by atoms with Gasteiger partial charge in [0.15, 0.2) is 5.17 Å². The molecule has 0 aliphatic carbocycles. The third-order valence-corrected chi connectivity index (χ3v) is 8.07. The van der Waals surface area contributed by atoms with Crippen molar-refractivity contribution in [3.63, 3.8) is 0 Å². The fourth-order valence-corrected chi connectivity index (χ4v) is 5.62. The van der Waals surface area contributed by atoms with Gasteiger partial charge >= 0.3 is 0 Å². The lowest BCUT2D eigenvalue weighted by Crippen LogP contribution is -2.46. The van der Waals surface area contributed by atoms with Crippen LogP contribution < -0.4 is 10.1 Å². The Morgan fingerprint density at radius 1 is 1.02 bits per heavy atom. The molecule has 0 saturated carbocycles. The van der Waals surface area contributed by atoms with Gasteiger partial charge in [-0.2, -0.15) is 0 Å². The van der Waals surface area contributed by atoms with E-state index in [1.165, 1.54) is 24.6 Å². The average molecular weight is 599 g/mol. The number of carbonyl (C=O) groups is 2. The van der Waals surface area contributed by atoms with Crippen LogP contribution >= 0.6 is 35.0 Å². The number of ether oxygens (including phenoxy) is 1. The molecule has 1 aliphatic rings. The van der Waals surface area contributed by atoms with E-state index < -0.39 is 5.25 Å². The second-order valence-corrected chi connectivity index (χ2v) is 11.6. The van der Waals surface area contributed by atoms with Crippen molar-refractivity contribution in [2.24, 2.45) is 4.99 Å². The number of carbonyl (C=O) groups excluding carboxylic acids is 2. The molecule has 1 aliphatic heterocycles. The first-order chi connectivity index (χ1) is 19.4. The number of benzene rings is 3. The molecule has 9 heteroatoms. The topological polar surface area (TPSA) is 71.0 Å². The maximum absolute atomic E-state index is 13.3. The van der Waals surface area contributed by atoms with Crippen molar-refractivity contribution < 1.29 is 14.3 Å². The summed E-state index contributed by atoms with van der Waals surface area (Å²) >= 11 is 13.5. The summed E-state index contributed by atoms with van der Waals surface area (Å²) < 4.78 is 5.80. The van der Waals surface area contributed by atoms with E-state index in [1.807, 2.05) is 54.6 Å². The molecule has 0 bridgehead atoms. The summed E-state index contributed by atoms with van der Waals surface area (Å²) in [5, 5.41) is 4.00. The molecule has 6 nitrogen and oxygen atoms in total. The van der Waals surface area contributed by atoms with Gasteiger partial charge in [0.2, 0.25) is 11.8 Å². The van der Waals surface area contributed by atoms with Gasteiger partial charge in [-0.15, -0.1) is 0 Å². The first-order valence-corrected chi connectivity index (χ1v) is 15.1. The van der Waals surface area contributed by atoms with E-state index in [0.717, 1.165) is 24.2 Å². The summed E-state index contributed by atoms with van der Waals surface area (Å²) in [6.45, 7) is 3.29. The van der Waals surface area contributed by atoms with Crippen molar-refractivity contribution >= 4 is 63.3 Å². The van der Waals surface area contributed by atoms with Gasteiger partial charge in [-0.1, -0.05) is 79.3 Å². The molecule has 4 rings (SSSR count). The Labute approximate surface area is 250 Å². The van der Waals surface area contributed by atoms with Crippen molar-refractivity contribution in [2.45, 2.75) is 50.7 Å². The molecular formula is C31H33Cl2N3O3S. The van der Waals surface area contributed by atoms with Gasteiger partial charge in [0.1, 0.15) is 11.0 Å². The number of anilines is 1. The molecule has 1 N–H and O–H groups in total. The van der Waals surface area contributed by atoms with E-state index in [4.69, 9.17) is 32.9 Å². The Bertz CT molecular complexity index is 1320. The van der Waals surface area contributed by atoms with Crippen LogP contribution in [0, 0.1) is 0 Å². The number of unbranched alkanes of at least 4 members (excludes halogenated alkanes) is 3. The predicted octanol–water partition coefficient (Wildman–Crippen LogP) is 8.16. The predicted molar refractivity (Wildman–Crippen MR) is 166 cm³/mol. The van der Waals surface area contributed by atoms with Crippen LogP contribution in [-0.2, 0) is 16.0 Å². The number of rotatable bonds is 12. The largest absolute Gasteiger partial charge is 0.494 e. The zero-order valence-electron chi connectivity index (χ0n) is 22.4. The number of thioether (sulfide) groups is 1. The van der Waals surface area contributed by atoms with E-state index in [0.29, 0.717) is 46.2 Å². The van der Waals surface area contributed by atoms with Crippen LogP contribution in [0.1, 0.15) is 44.6 Å². The zero-order chi connectivity index (χ0) is 28.3. The van der Waals surface area contributed by atoms with E-state index in [1.54, 1.807) is 23.1 Å². The van der Waals surface area contributed by atoms with Crippen molar-refractivity contribution in [3.8, 4) is 5.75 Å². The highest BCUT2D eigenvalue weighted by Crippen LogP contribution is 2.31. The minimum absolute atomic E-state index is 0.0740. The second kappa shape index (κ2) is 15.1. The van der Waals surface area contributed by atoms with Gasteiger partial charge in [0.25, 0.3) is 0 Å². The molecule has 1 fully saturated rings. The van der Waals surface area contributed by atoms with E-state index in [-0.39, 0.29) is 18.2 Å². The van der Waals surface area contributed by atoms with Crippen LogP contribution in [0.2, 0.25) is 10.0 Å². The Morgan fingerprint density at radius 3 is 2.52 bits per heavy atom. The highest BCUT2D eigenvalue weighted by Gasteiger charge is 2.35. The van der Waals surface area contributed by atoms with Gasteiger partial charge in [-0.05, 0) is 73.0 Å². The summed E-state index contributed by atoms with van der Waals surface area (Å²) in [6, 6.07) is 22.0. The number of halogens is 2. The third kappa shape index (κ3) is 9.01. The smallest absolute Gasteiger partial charge is 0.238 e. The molecule has 40 heavy (non-hydrogen) atoms. The van der Waals surface area contributed by atoms with E-state index in [9.17, 15) is 9.59 Å².